The quantitative estimate of drug-likeness (QED) is 0.721. The number of aliphatic hydroxyl groups excluding tert-OH is 1. The third-order valence-corrected chi connectivity index (χ3v) is 2.26. The number of carbonyl (C=O) groups excluding carboxylic acids is 1. The number of esters is 1. The van der Waals surface area contributed by atoms with Crippen molar-refractivity contribution in [3.63, 3.8) is 0 Å². The summed E-state index contributed by atoms with van der Waals surface area (Å²) in [6, 6.07) is 5.05. The topological polar surface area (TPSA) is 72.5 Å². The van der Waals surface area contributed by atoms with Crippen LogP contribution in [0.2, 0.25) is 0 Å². The van der Waals surface area contributed by atoms with Gasteiger partial charge in [0, 0.05) is 6.54 Å². The molecule has 3 N–H and O–H groups in total. The third-order valence-electron chi connectivity index (χ3n) is 2.26. The van der Waals surface area contributed by atoms with E-state index in [0.717, 1.165) is 5.56 Å². The molecular formula is C11H15NO3. The van der Waals surface area contributed by atoms with Gasteiger partial charge in [-0.1, -0.05) is 12.1 Å². The van der Waals surface area contributed by atoms with Crippen LogP contribution in [-0.4, -0.2) is 24.7 Å². The maximum absolute atomic E-state index is 11.3. The number of methoxy groups -OCH3 is 1. The van der Waals surface area contributed by atoms with Gasteiger partial charge in [0.05, 0.1) is 18.8 Å². The lowest BCUT2D eigenvalue weighted by Crippen LogP contribution is -2.12. The molecule has 1 aromatic carbocycles. The monoisotopic (exact) mass is 209 g/mol. The first-order valence-electron chi connectivity index (χ1n) is 4.67. The summed E-state index contributed by atoms with van der Waals surface area (Å²) in [6.07, 6.45) is -0.685. The van der Waals surface area contributed by atoms with Crippen molar-refractivity contribution in [2.24, 2.45) is 5.73 Å². The van der Waals surface area contributed by atoms with E-state index in [4.69, 9.17) is 5.73 Å². The van der Waals surface area contributed by atoms with E-state index in [9.17, 15) is 9.90 Å². The summed E-state index contributed by atoms with van der Waals surface area (Å²) in [7, 11) is 1.34. The zero-order valence-electron chi connectivity index (χ0n) is 8.86. The Hall–Kier alpha value is -1.39. The number of nitrogens with two attached hydrogens (primary N) is 1. The summed E-state index contributed by atoms with van der Waals surface area (Å²) in [4.78, 5) is 11.3. The predicted molar refractivity (Wildman–Crippen MR) is 56.5 cm³/mol. The van der Waals surface area contributed by atoms with E-state index in [1.54, 1.807) is 25.1 Å². The molecule has 0 bridgehead atoms. The molecule has 0 spiro atoms. The van der Waals surface area contributed by atoms with Gasteiger partial charge in [-0.3, -0.25) is 0 Å². The molecule has 1 aromatic rings. The Morgan fingerprint density at radius 3 is 2.73 bits per heavy atom. The van der Waals surface area contributed by atoms with Crippen LogP contribution < -0.4 is 5.73 Å². The Bertz CT molecular complexity index is 363. The van der Waals surface area contributed by atoms with Crippen LogP contribution in [0.25, 0.3) is 0 Å². The minimum absolute atomic E-state index is 0.164. The van der Waals surface area contributed by atoms with Gasteiger partial charge in [-0.25, -0.2) is 4.79 Å². The number of carbonyl (C=O) groups is 1. The van der Waals surface area contributed by atoms with Crippen molar-refractivity contribution in [2.45, 2.75) is 13.0 Å². The lowest BCUT2D eigenvalue weighted by Gasteiger charge is -2.10. The molecule has 0 aliphatic heterocycles. The Morgan fingerprint density at radius 2 is 2.27 bits per heavy atom. The third kappa shape index (κ3) is 2.55. The molecule has 0 fully saturated rings. The molecule has 4 heteroatoms. The van der Waals surface area contributed by atoms with Gasteiger partial charge in [-0.2, -0.15) is 0 Å². The second-order valence-corrected chi connectivity index (χ2v) is 3.32. The van der Waals surface area contributed by atoms with Crippen LogP contribution in [0, 0.1) is 6.92 Å². The molecule has 82 valence electrons. The molecule has 0 amide bonds. The summed E-state index contributed by atoms with van der Waals surface area (Å²) >= 11 is 0. The van der Waals surface area contributed by atoms with Gasteiger partial charge in [-0.15, -0.1) is 0 Å². The second kappa shape index (κ2) is 4.91. The van der Waals surface area contributed by atoms with Crippen LogP contribution in [0.5, 0.6) is 0 Å². The van der Waals surface area contributed by atoms with E-state index in [0.29, 0.717) is 11.1 Å². The fourth-order valence-corrected chi connectivity index (χ4v) is 1.37. The molecule has 0 aromatic heterocycles. The van der Waals surface area contributed by atoms with Gasteiger partial charge >= 0.3 is 5.97 Å². The highest BCUT2D eigenvalue weighted by Gasteiger charge is 2.11. The first-order valence-corrected chi connectivity index (χ1v) is 4.67. The van der Waals surface area contributed by atoms with E-state index >= 15 is 0 Å². The van der Waals surface area contributed by atoms with Gasteiger partial charge in [0.2, 0.25) is 0 Å². The fraction of sp³-hybridized carbons (Fsp3) is 0.364. The molecule has 1 atom stereocenters. The molecule has 1 rings (SSSR count). The molecule has 0 saturated carbocycles. The van der Waals surface area contributed by atoms with Crippen LogP contribution >= 0.6 is 0 Å². The van der Waals surface area contributed by atoms with Crippen molar-refractivity contribution in [2.75, 3.05) is 13.7 Å². The van der Waals surface area contributed by atoms with Crippen LogP contribution in [-0.2, 0) is 4.74 Å². The Balaban J connectivity index is 3.03. The predicted octanol–water partition coefficient (Wildman–Crippen LogP) is 0.774. The smallest absolute Gasteiger partial charge is 0.338 e. The maximum Gasteiger partial charge on any atom is 0.338 e. The van der Waals surface area contributed by atoms with Crippen molar-refractivity contribution >= 4 is 5.97 Å². The summed E-state index contributed by atoms with van der Waals surface area (Å²) in [5.41, 5.74) is 7.32. The van der Waals surface area contributed by atoms with Crippen LogP contribution in [0.15, 0.2) is 18.2 Å². The number of benzene rings is 1. The highest BCUT2D eigenvalue weighted by atomic mass is 16.5. The van der Waals surface area contributed by atoms with Gasteiger partial charge < -0.3 is 15.6 Å². The Kier molecular flexibility index (Phi) is 3.82. The SMILES string of the molecule is COC(=O)c1ccc(C(O)CN)cc1C. The molecule has 0 heterocycles. The van der Waals surface area contributed by atoms with Gasteiger partial charge in [-0.05, 0) is 24.1 Å². The highest BCUT2D eigenvalue weighted by Crippen LogP contribution is 2.17. The van der Waals surface area contributed by atoms with Crippen molar-refractivity contribution in [3.05, 3.63) is 34.9 Å². The number of hydrogen-bond acceptors (Lipinski definition) is 4. The Labute approximate surface area is 88.7 Å². The molecule has 15 heavy (non-hydrogen) atoms. The van der Waals surface area contributed by atoms with Crippen LogP contribution in [0.1, 0.15) is 27.6 Å². The van der Waals surface area contributed by atoms with E-state index in [1.165, 1.54) is 7.11 Å². The average Bonchev–Trinajstić information content (AvgIpc) is 2.26. The zero-order chi connectivity index (χ0) is 11.4. The zero-order valence-corrected chi connectivity index (χ0v) is 8.86. The average molecular weight is 209 g/mol. The lowest BCUT2D eigenvalue weighted by atomic mass is 10.0. The number of hydrogen-bond donors (Lipinski definition) is 2. The Morgan fingerprint density at radius 1 is 1.60 bits per heavy atom. The van der Waals surface area contributed by atoms with Gasteiger partial charge in [0.15, 0.2) is 0 Å². The van der Waals surface area contributed by atoms with Crippen molar-refractivity contribution in [3.8, 4) is 0 Å². The first kappa shape index (κ1) is 11.7. The summed E-state index contributed by atoms with van der Waals surface area (Å²) in [5, 5.41) is 9.50. The molecule has 0 radical (unpaired) electrons. The highest BCUT2D eigenvalue weighted by molar-refractivity contribution is 5.90. The van der Waals surface area contributed by atoms with Gasteiger partial charge in [0.25, 0.3) is 0 Å². The number of ether oxygens (including phenoxy) is 1. The van der Waals surface area contributed by atoms with Crippen LogP contribution in [0.3, 0.4) is 0 Å². The number of aliphatic hydroxyl groups is 1. The van der Waals surface area contributed by atoms with Crippen molar-refractivity contribution < 1.29 is 14.6 Å². The van der Waals surface area contributed by atoms with E-state index in [2.05, 4.69) is 4.74 Å². The number of aryl methyl sites for hydroxylation is 1. The fourth-order valence-electron chi connectivity index (χ4n) is 1.37. The molecule has 0 saturated heterocycles. The maximum atomic E-state index is 11.3. The second-order valence-electron chi connectivity index (χ2n) is 3.32. The van der Waals surface area contributed by atoms with E-state index in [-0.39, 0.29) is 12.5 Å². The summed E-state index contributed by atoms with van der Waals surface area (Å²) in [5.74, 6) is -0.374. The van der Waals surface area contributed by atoms with Crippen molar-refractivity contribution in [1.29, 1.82) is 0 Å². The standard InChI is InChI=1S/C11H15NO3/c1-7-5-8(10(13)6-12)3-4-9(7)11(14)15-2/h3-5,10,13H,6,12H2,1-2H3. The van der Waals surface area contributed by atoms with Gasteiger partial charge in [0.1, 0.15) is 0 Å². The largest absolute Gasteiger partial charge is 0.465 e. The first-order chi connectivity index (χ1) is 7.10. The van der Waals surface area contributed by atoms with Crippen molar-refractivity contribution in [1.82, 2.24) is 0 Å². The van der Waals surface area contributed by atoms with Crippen LogP contribution in [0.4, 0.5) is 0 Å². The molecule has 4 nitrogen and oxygen atoms in total. The van der Waals surface area contributed by atoms with E-state index < -0.39 is 6.10 Å². The molecular weight excluding hydrogens is 194 g/mol. The number of rotatable bonds is 3. The lowest BCUT2D eigenvalue weighted by molar-refractivity contribution is 0.0599. The van der Waals surface area contributed by atoms with E-state index in [1.807, 2.05) is 0 Å². The minimum atomic E-state index is -0.685. The molecule has 1 unspecified atom stereocenters. The summed E-state index contributed by atoms with van der Waals surface area (Å²) < 4.78 is 4.62. The minimum Gasteiger partial charge on any atom is -0.465 e. The summed E-state index contributed by atoms with van der Waals surface area (Å²) in [6.45, 7) is 1.95. The molecule has 0 aliphatic carbocycles. The molecule has 0 aliphatic rings. The normalized spacial score (nSPS) is 12.3.